The maximum atomic E-state index is 11.0. The van der Waals surface area contributed by atoms with E-state index in [0.717, 1.165) is 0 Å². The Hall–Kier alpha value is -2.04. The summed E-state index contributed by atoms with van der Waals surface area (Å²) in [6.07, 6.45) is 0.0638. The molecule has 1 N–H and O–H groups in total. The van der Waals surface area contributed by atoms with Gasteiger partial charge in [0.15, 0.2) is 5.58 Å². The van der Waals surface area contributed by atoms with Crippen LogP contribution in [0.2, 0.25) is 0 Å². The SMILES string of the molecule is COC(=O)Cc1noc2cc(O)ccc12. The maximum absolute atomic E-state index is 11.0. The number of methoxy groups -OCH3 is 1. The van der Waals surface area contributed by atoms with Crippen LogP contribution in [0.5, 0.6) is 5.75 Å². The lowest BCUT2D eigenvalue weighted by Crippen LogP contribution is -2.04. The zero-order valence-corrected chi connectivity index (χ0v) is 8.06. The van der Waals surface area contributed by atoms with Gasteiger partial charge in [0.25, 0.3) is 0 Å². The first-order valence-corrected chi connectivity index (χ1v) is 4.35. The highest BCUT2D eigenvalue weighted by atomic mass is 16.5. The summed E-state index contributed by atoms with van der Waals surface area (Å²) < 4.78 is 9.48. The van der Waals surface area contributed by atoms with Gasteiger partial charge in [0.1, 0.15) is 11.4 Å². The molecule has 78 valence electrons. The molecule has 0 radical (unpaired) electrons. The van der Waals surface area contributed by atoms with E-state index in [2.05, 4.69) is 9.89 Å². The van der Waals surface area contributed by atoms with Gasteiger partial charge in [0, 0.05) is 11.5 Å². The van der Waals surface area contributed by atoms with Crippen LogP contribution in [0, 0.1) is 0 Å². The molecule has 0 bridgehead atoms. The second-order valence-electron chi connectivity index (χ2n) is 3.06. The van der Waals surface area contributed by atoms with Gasteiger partial charge in [-0.3, -0.25) is 4.79 Å². The number of phenols is 1. The normalized spacial score (nSPS) is 10.5. The molecular weight excluding hydrogens is 198 g/mol. The highest BCUT2D eigenvalue weighted by molar-refractivity contribution is 5.84. The second kappa shape index (κ2) is 3.61. The topological polar surface area (TPSA) is 72.6 Å². The summed E-state index contributed by atoms with van der Waals surface area (Å²) in [5, 5.41) is 13.6. The molecule has 1 aromatic carbocycles. The van der Waals surface area contributed by atoms with Crippen LogP contribution in [-0.4, -0.2) is 23.3 Å². The zero-order valence-electron chi connectivity index (χ0n) is 8.06. The van der Waals surface area contributed by atoms with Gasteiger partial charge in [0.05, 0.1) is 13.5 Å². The molecule has 1 heterocycles. The minimum Gasteiger partial charge on any atom is -0.508 e. The van der Waals surface area contributed by atoms with Gasteiger partial charge in [-0.25, -0.2) is 0 Å². The third kappa shape index (κ3) is 1.76. The molecule has 0 saturated heterocycles. The Kier molecular flexibility index (Phi) is 2.29. The number of nitrogens with zero attached hydrogens (tertiary/aromatic N) is 1. The highest BCUT2D eigenvalue weighted by Crippen LogP contribution is 2.23. The van der Waals surface area contributed by atoms with E-state index in [-0.39, 0.29) is 18.1 Å². The minimum absolute atomic E-state index is 0.0638. The second-order valence-corrected chi connectivity index (χ2v) is 3.06. The molecule has 0 atom stereocenters. The van der Waals surface area contributed by atoms with Crippen molar-refractivity contribution in [1.29, 1.82) is 0 Å². The summed E-state index contributed by atoms with van der Waals surface area (Å²) in [5.74, 6) is -0.276. The van der Waals surface area contributed by atoms with Crippen molar-refractivity contribution >= 4 is 16.9 Å². The van der Waals surface area contributed by atoms with Gasteiger partial charge < -0.3 is 14.4 Å². The van der Waals surface area contributed by atoms with Crippen LogP contribution in [0.4, 0.5) is 0 Å². The van der Waals surface area contributed by atoms with Gasteiger partial charge in [0.2, 0.25) is 0 Å². The molecule has 5 heteroatoms. The molecule has 0 aliphatic rings. The Labute approximate surface area is 85.2 Å². The summed E-state index contributed by atoms with van der Waals surface area (Å²) in [6, 6.07) is 4.61. The molecule has 2 rings (SSSR count). The lowest BCUT2D eigenvalue weighted by molar-refractivity contribution is -0.139. The van der Waals surface area contributed by atoms with Crippen molar-refractivity contribution in [2.75, 3.05) is 7.11 Å². The quantitative estimate of drug-likeness (QED) is 0.750. The van der Waals surface area contributed by atoms with E-state index >= 15 is 0 Å². The predicted molar refractivity (Wildman–Crippen MR) is 51.4 cm³/mol. The first-order chi connectivity index (χ1) is 7.20. The van der Waals surface area contributed by atoms with Crippen LogP contribution in [0.25, 0.3) is 11.0 Å². The number of phenolic OH excluding ortho intramolecular Hbond substituents is 1. The fraction of sp³-hybridized carbons (Fsp3) is 0.200. The van der Waals surface area contributed by atoms with Crippen LogP contribution in [0.15, 0.2) is 22.7 Å². The fourth-order valence-corrected chi connectivity index (χ4v) is 1.31. The van der Waals surface area contributed by atoms with Crippen LogP contribution in [-0.2, 0) is 16.0 Å². The molecule has 2 aromatic rings. The largest absolute Gasteiger partial charge is 0.508 e. The van der Waals surface area contributed by atoms with Crippen molar-refractivity contribution in [3.8, 4) is 5.75 Å². The lowest BCUT2D eigenvalue weighted by Gasteiger charge is -1.95. The summed E-state index contributed by atoms with van der Waals surface area (Å²) in [7, 11) is 1.32. The first kappa shape index (κ1) is 9.51. The Balaban J connectivity index is 2.41. The van der Waals surface area contributed by atoms with Gasteiger partial charge >= 0.3 is 5.97 Å². The van der Waals surface area contributed by atoms with E-state index in [4.69, 9.17) is 4.52 Å². The van der Waals surface area contributed by atoms with E-state index < -0.39 is 0 Å². The van der Waals surface area contributed by atoms with E-state index in [9.17, 15) is 9.90 Å². The number of carbonyl (C=O) groups excluding carboxylic acids is 1. The van der Waals surface area contributed by atoms with Crippen molar-refractivity contribution in [2.24, 2.45) is 0 Å². The highest BCUT2D eigenvalue weighted by Gasteiger charge is 2.12. The third-order valence-corrected chi connectivity index (χ3v) is 2.07. The van der Waals surface area contributed by atoms with Crippen molar-refractivity contribution in [2.45, 2.75) is 6.42 Å². The Morgan fingerprint density at radius 1 is 1.60 bits per heavy atom. The third-order valence-electron chi connectivity index (χ3n) is 2.07. The van der Waals surface area contributed by atoms with Gasteiger partial charge in [-0.2, -0.15) is 0 Å². The predicted octanol–water partition coefficient (Wildman–Crippen LogP) is 1.25. The molecule has 0 fully saturated rings. The number of esters is 1. The molecule has 0 spiro atoms. The smallest absolute Gasteiger partial charge is 0.311 e. The monoisotopic (exact) mass is 207 g/mol. The fourth-order valence-electron chi connectivity index (χ4n) is 1.31. The van der Waals surface area contributed by atoms with Crippen LogP contribution >= 0.6 is 0 Å². The minimum atomic E-state index is -0.377. The van der Waals surface area contributed by atoms with Crippen molar-refractivity contribution < 1.29 is 19.2 Å². The van der Waals surface area contributed by atoms with Gasteiger partial charge in [-0.05, 0) is 12.1 Å². The number of fused-ring (bicyclic) bond motifs is 1. The molecular formula is C10H9NO4. The number of rotatable bonds is 2. The number of ether oxygens (including phenoxy) is 1. The molecule has 0 aliphatic carbocycles. The average molecular weight is 207 g/mol. The summed E-state index contributed by atoms with van der Waals surface area (Å²) >= 11 is 0. The van der Waals surface area contributed by atoms with Crippen molar-refractivity contribution in [3.63, 3.8) is 0 Å². The van der Waals surface area contributed by atoms with Crippen LogP contribution < -0.4 is 0 Å². The number of aromatic hydroxyl groups is 1. The summed E-state index contributed by atoms with van der Waals surface area (Å²) in [4.78, 5) is 11.0. The van der Waals surface area contributed by atoms with E-state index in [0.29, 0.717) is 16.7 Å². The maximum Gasteiger partial charge on any atom is 0.311 e. The van der Waals surface area contributed by atoms with Crippen molar-refractivity contribution in [1.82, 2.24) is 5.16 Å². The van der Waals surface area contributed by atoms with E-state index in [1.807, 2.05) is 0 Å². The standard InChI is InChI=1S/C10H9NO4/c1-14-10(13)5-8-7-3-2-6(12)4-9(7)15-11-8/h2-4,12H,5H2,1H3. The summed E-state index contributed by atoms with van der Waals surface area (Å²) in [5.41, 5.74) is 0.964. The number of benzene rings is 1. The molecule has 15 heavy (non-hydrogen) atoms. The number of carbonyl (C=O) groups is 1. The number of hydrogen-bond acceptors (Lipinski definition) is 5. The van der Waals surface area contributed by atoms with E-state index in [1.54, 1.807) is 6.07 Å². The van der Waals surface area contributed by atoms with Gasteiger partial charge in [-0.1, -0.05) is 5.16 Å². The average Bonchev–Trinajstić information content (AvgIpc) is 2.60. The van der Waals surface area contributed by atoms with Crippen LogP contribution in [0.1, 0.15) is 5.69 Å². The molecule has 1 aromatic heterocycles. The molecule has 0 unspecified atom stereocenters. The molecule has 0 aliphatic heterocycles. The van der Waals surface area contributed by atoms with Crippen molar-refractivity contribution in [3.05, 3.63) is 23.9 Å². The van der Waals surface area contributed by atoms with Crippen LogP contribution in [0.3, 0.4) is 0 Å². The Morgan fingerprint density at radius 2 is 2.40 bits per heavy atom. The Morgan fingerprint density at radius 3 is 3.13 bits per heavy atom. The zero-order chi connectivity index (χ0) is 10.8. The molecule has 0 amide bonds. The Bertz CT molecular complexity index is 503. The first-order valence-electron chi connectivity index (χ1n) is 4.35. The summed E-state index contributed by atoms with van der Waals surface area (Å²) in [6.45, 7) is 0. The van der Waals surface area contributed by atoms with E-state index in [1.165, 1.54) is 19.2 Å². The number of aromatic nitrogens is 1. The molecule has 5 nitrogen and oxygen atoms in total. The van der Waals surface area contributed by atoms with Gasteiger partial charge in [-0.15, -0.1) is 0 Å². The molecule has 0 saturated carbocycles. The lowest BCUT2D eigenvalue weighted by atomic mass is 10.2. The number of hydrogen-bond donors (Lipinski definition) is 1.